The lowest BCUT2D eigenvalue weighted by Gasteiger charge is -2.14. The van der Waals surface area contributed by atoms with Gasteiger partial charge in [-0.15, -0.1) is 0 Å². The normalized spacial score (nSPS) is 13.7. The van der Waals surface area contributed by atoms with Gasteiger partial charge in [-0.3, -0.25) is 4.79 Å². The van der Waals surface area contributed by atoms with E-state index in [2.05, 4.69) is 21.2 Å². The van der Waals surface area contributed by atoms with Gasteiger partial charge in [-0.05, 0) is 64.3 Å². The molecule has 2 aromatic carbocycles. The molecule has 0 aliphatic carbocycles. The summed E-state index contributed by atoms with van der Waals surface area (Å²) in [7, 11) is 1.62. The van der Waals surface area contributed by atoms with Crippen LogP contribution in [0.25, 0.3) is 6.08 Å². The number of halogens is 1. The maximum absolute atomic E-state index is 12.2. The number of hydrogen-bond donors (Lipinski definition) is 1. The molecule has 3 rings (SSSR count). The fourth-order valence-corrected chi connectivity index (χ4v) is 3.04. The minimum Gasteiger partial charge on any atom is -0.496 e. The van der Waals surface area contributed by atoms with Gasteiger partial charge in [-0.1, -0.05) is 12.1 Å². The van der Waals surface area contributed by atoms with Gasteiger partial charge in [0.25, 0.3) is 0 Å². The molecule has 1 aliphatic heterocycles. The van der Waals surface area contributed by atoms with Crippen LogP contribution in [0.5, 0.6) is 17.2 Å². The molecule has 0 fully saturated rings. The van der Waals surface area contributed by atoms with E-state index in [1.165, 1.54) is 6.08 Å². The molecule has 1 heterocycles. The lowest BCUT2D eigenvalue weighted by Crippen LogP contribution is -2.24. The van der Waals surface area contributed by atoms with Gasteiger partial charge in [0.15, 0.2) is 11.5 Å². The highest BCUT2D eigenvalue weighted by Crippen LogP contribution is 2.32. The predicted octanol–water partition coefficient (Wildman–Crippen LogP) is 4.08. The van der Waals surface area contributed by atoms with Crippen LogP contribution in [-0.4, -0.2) is 19.8 Å². The third kappa shape index (κ3) is 4.14. The first-order valence-electron chi connectivity index (χ1n) is 7.78. The maximum atomic E-state index is 12.2. The van der Waals surface area contributed by atoms with Crippen molar-refractivity contribution in [1.29, 1.82) is 0 Å². The lowest BCUT2D eigenvalue weighted by atomic mass is 10.1. The van der Waals surface area contributed by atoms with E-state index < -0.39 is 0 Å². The van der Waals surface area contributed by atoms with Crippen LogP contribution in [0.1, 0.15) is 24.1 Å². The molecular formula is C19H18BrNO4. The Bertz CT molecular complexity index is 819. The first-order valence-corrected chi connectivity index (χ1v) is 8.58. The van der Waals surface area contributed by atoms with E-state index in [0.717, 1.165) is 27.1 Å². The number of carbonyl (C=O) groups excluding carboxylic acids is 1. The van der Waals surface area contributed by atoms with E-state index in [9.17, 15) is 4.79 Å². The zero-order chi connectivity index (χ0) is 17.8. The average molecular weight is 404 g/mol. The SMILES string of the molecule is COc1ccc([C@@H](C)NC(=O)/C=C/c2ccc3c(c2)OCO3)cc1Br. The highest BCUT2D eigenvalue weighted by molar-refractivity contribution is 9.10. The Balaban J connectivity index is 1.62. The highest BCUT2D eigenvalue weighted by Gasteiger charge is 2.13. The van der Waals surface area contributed by atoms with Crippen LogP contribution in [0.4, 0.5) is 0 Å². The number of methoxy groups -OCH3 is 1. The lowest BCUT2D eigenvalue weighted by molar-refractivity contribution is -0.117. The topological polar surface area (TPSA) is 56.8 Å². The van der Waals surface area contributed by atoms with E-state index >= 15 is 0 Å². The van der Waals surface area contributed by atoms with Gasteiger partial charge in [-0.2, -0.15) is 0 Å². The van der Waals surface area contributed by atoms with E-state index in [1.807, 2.05) is 43.3 Å². The van der Waals surface area contributed by atoms with E-state index in [0.29, 0.717) is 5.75 Å². The summed E-state index contributed by atoms with van der Waals surface area (Å²) in [6, 6.07) is 11.1. The van der Waals surface area contributed by atoms with Crippen LogP contribution < -0.4 is 19.5 Å². The van der Waals surface area contributed by atoms with Crippen molar-refractivity contribution >= 4 is 27.9 Å². The second-order valence-corrected chi connectivity index (χ2v) is 6.42. The van der Waals surface area contributed by atoms with Crippen molar-refractivity contribution in [2.75, 3.05) is 13.9 Å². The van der Waals surface area contributed by atoms with Crippen LogP contribution in [-0.2, 0) is 4.79 Å². The van der Waals surface area contributed by atoms with Crippen LogP contribution in [0.2, 0.25) is 0 Å². The summed E-state index contributed by atoms with van der Waals surface area (Å²) in [5.41, 5.74) is 1.86. The van der Waals surface area contributed by atoms with Crippen LogP contribution in [0.15, 0.2) is 46.9 Å². The zero-order valence-electron chi connectivity index (χ0n) is 13.9. The Kier molecular flexibility index (Phi) is 5.28. The average Bonchev–Trinajstić information content (AvgIpc) is 3.07. The van der Waals surface area contributed by atoms with Gasteiger partial charge >= 0.3 is 0 Å². The van der Waals surface area contributed by atoms with Crippen molar-refractivity contribution in [2.45, 2.75) is 13.0 Å². The Hall–Kier alpha value is -2.47. The smallest absolute Gasteiger partial charge is 0.244 e. The maximum Gasteiger partial charge on any atom is 0.244 e. The molecule has 0 unspecified atom stereocenters. The van der Waals surface area contributed by atoms with Crippen molar-refractivity contribution in [2.24, 2.45) is 0 Å². The van der Waals surface area contributed by atoms with Crippen LogP contribution in [0.3, 0.4) is 0 Å². The standard InChI is InChI=1S/C19H18BrNO4/c1-12(14-5-7-16(23-2)15(20)10-14)21-19(22)8-4-13-3-6-17-18(9-13)25-11-24-17/h3-10,12H,11H2,1-2H3,(H,21,22)/b8-4+/t12-/m1/s1. The molecule has 0 radical (unpaired) electrons. The summed E-state index contributed by atoms with van der Waals surface area (Å²) in [5, 5.41) is 2.94. The van der Waals surface area contributed by atoms with E-state index in [1.54, 1.807) is 13.2 Å². The summed E-state index contributed by atoms with van der Waals surface area (Å²) >= 11 is 3.45. The molecule has 0 saturated carbocycles. The van der Waals surface area contributed by atoms with Crippen molar-refractivity contribution < 1.29 is 19.0 Å². The van der Waals surface area contributed by atoms with Crippen molar-refractivity contribution in [3.05, 3.63) is 58.1 Å². The highest BCUT2D eigenvalue weighted by atomic mass is 79.9. The number of rotatable bonds is 5. The van der Waals surface area contributed by atoms with Gasteiger partial charge < -0.3 is 19.5 Å². The Labute approximate surface area is 154 Å². The number of amides is 1. The Morgan fingerprint density at radius 2 is 2.04 bits per heavy atom. The first kappa shape index (κ1) is 17.4. The molecule has 1 aliphatic rings. The number of nitrogens with one attached hydrogen (secondary N) is 1. The molecular weight excluding hydrogens is 386 g/mol. The third-order valence-corrected chi connectivity index (χ3v) is 4.48. The molecule has 1 atom stereocenters. The quantitative estimate of drug-likeness (QED) is 0.764. The summed E-state index contributed by atoms with van der Waals surface area (Å²) < 4.78 is 16.7. The van der Waals surface area contributed by atoms with Crippen LogP contribution >= 0.6 is 15.9 Å². The van der Waals surface area contributed by atoms with Crippen molar-refractivity contribution in [1.82, 2.24) is 5.32 Å². The fraction of sp³-hybridized carbons (Fsp3) is 0.211. The van der Waals surface area contributed by atoms with E-state index in [4.69, 9.17) is 14.2 Å². The molecule has 1 amide bonds. The zero-order valence-corrected chi connectivity index (χ0v) is 15.5. The summed E-state index contributed by atoms with van der Waals surface area (Å²) in [6.45, 7) is 2.17. The van der Waals surface area contributed by atoms with Crippen molar-refractivity contribution in [3.8, 4) is 17.2 Å². The molecule has 0 aromatic heterocycles. The van der Waals surface area contributed by atoms with Crippen molar-refractivity contribution in [3.63, 3.8) is 0 Å². The number of benzene rings is 2. The predicted molar refractivity (Wildman–Crippen MR) is 98.9 cm³/mol. The summed E-state index contributed by atoms with van der Waals surface area (Å²) in [6.07, 6.45) is 3.25. The van der Waals surface area contributed by atoms with Gasteiger partial charge in [-0.25, -0.2) is 0 Å². The molecule has 6 heteroatoms. The number of ether oxygens (including phenoxy) is 3. The monoisotopic (exact) mass is 403 g/mol. The largest absolute Gasteiger partial charge is 0.496 e. The fourth-order valence-electron chi connectivity index (χ4n) is 2.49. The molecule has 25 heavy (non-hydrogen) atoms. The summed E-state index contributed by atoms with van der Waals surface area (Å²) in [4.78, 5) is 12.2. The second kappa shape index (κ2) is 7.61. The molecule has 5 nitrogen and oxygen atoms in total. The minimum atomic E-state index is -0.169. The number of hydrogen-bond acceptors (Lipinski definition) is 4. The molecule has 130 valence electrons. The van der Waals surface area contributed by atoms with Gasteiger partial charge in [0, 0.05) is 6.08 Å². The first-order chi connectivity index (χ1) is 12.1. The Morgan fingerprint density at radius 1 is 1.24 bits per heavy atom. The van der Waals surface area contributed by atoms with E-state index in [-0.39, 0.29) is 18.7 Å². The molecule has 2 aromatic rings. The van der Waals surface area contributed by atoms with Gasteiger partial charge in [0.05, 0.1) is 17.6 Å². The molecule has 0 saturated heterocycles. The Morgan fingerprint density at radius 3 is 2.80 bits per heavy atom. The molecule has 1 N–H and O–H groups in total. The minimum absolute atomic E-state index is 0.129. The molecule has 0 bridgehead atoms. The third-order valence-electron chi connectivity index (χ3n) is 3.86. The number of carbonyl (C=O) groups is 1. The van der Waals surface area contributed by atoms with Crippen LogP contribution in [0, 0.1) is 0 Å². The summed E-state index contributed by atoms with van der Waals surface area (Å²) in [5.74, 6) is 2.00. The number of fused-ring (bicyclic) bond motifs is 1. The van der Waals surface area contributed by atoms with Gasteiger partial charge in [0.1, 0.15) is 5.75 Å². The molecule has 0 spiro atoms. The van der Waals surface area contributed by atoms with Gasteiger partial charge in [0.2, 0.25) is 12.7 Å². The second-order valence-electron chi connectivity index (χ2n) is 5.57.